The van der Waals surface area contributed by atoms with Crippen molar-refractivity contribution in [2.24, 2.45) is 0 Å². The third-order valence-electron chi connectivity index (χ3n) is 2.28. The smallest absolute Gasteiger partial charge is 0.135 e. The Morgan fingerprint density at radius 3 is 2.67 bits per heavy atom. The highest BCUT2D eigenvalue weighted by molar-refractivity contribution is 9.10. The maximum absolute atomic E-state index is 8.79. The lowest BCUT2D eigenvalue weighted by Crippen LogP contribution is -1.98. The Morgan fingerprint density at radius 1 is 1.22 bits per heavy atom. The largest absolute Gasteiger partial charge is 0.373 e. The van der Waals surface area contributed by atoms with Crippen molar-refractivity contribution in [3.05, 3.63) is 40.6 Å². The lowest BCUT2D eigenvalue weighted by molar-refractivity contribution is 1.16. The molecule has 1 aromatic carbocycles. The Kier molecular flexibility index (Phi) is 3.75. The Morgan fingerprint density at radius 2 is 2.00 bits per heavy atom. The number of hydrogen-bond acceptors (Lipinski definition) is 5. The average molecular weight is 304 g/mol. The van der Waals surface area contributed by atoms with Crippen molar-refractivity contribution >= 4 is 33.3 Å². The van der Waals surface area contributed by atoms with Crippen molar-refractivity contribution in [3.63, 3.8) is 0 Å². The number of hydrogen-bond donors (Lipinski definition) is 2. The first-order valence-corrected chi connectivity index (χ1v) is 5.98. The van der Waals surface area contributed by atoms with Gasteiger partial charge < -0.3 is 10.6 Å². The van der Waals surface area contributed by atoms with Gasteiger partial charge in [-0.05, 0) is 34.1 Å². The normalized spacial score (nSPS) is 9.61. The lowest BCUT2D eigenvalue weighted by Gasteiger charge is -2.08. The van der Waals surface area contributed by atoms with E-state index in [1.165, 1.54) is 6.33 Å². The second-order valence-corrected chi connectivity index (χ2v) is 4.32. The van der Waals surface area contributed by atoms with Crippen LogP contribution in [0.4, 0.5) is 17.3 Å². The van der Waals surface area contributed by atoms with Crippen molar-refractivity contribution in [1.29, 1.82) is 5.26 Å². The van der Waals surface area contributed by atoms with Crippen LogP contribution in [0.3, 0.4) is 0 Å². The molecule has 0 aliphatic heterocycles. The SMILES string of the molecule is CNc1cc(Nc2ccc(C#N)cc2Br)ncn1. The summed E-state index contributed by atoms with van der Waals surface area (Å²) in [5.74, 6) is 1.41. The maximum Gasteiger partial charge on any atom is 0.135 e. The predicted molar refractivity (Wildman–Crippen MR) is 73.7 cm³/mol. The molecule has 18 heavy (non-hydrogen) atoms. The Hall–Kier alpha value is -2.13. The second-order valence-electron chi connectivity index (χ2n) is 3.47. The van der Waals surface area contributed by atoms with Crippen molar-refractivity contribution in [2.45, 2.75) is 0 Å². The first-order valence-electron chi connectivity index (χ1n) is 5.19. The molecule has 2 rings (SSSR count). The van der Waals surface area contributed by atoms with Gasteiger partial charge in [-0.15, -0.1) is 0 Å². The van der Waals surface area contributed by atoms with Crippen molar-refractivity contribution < 1.29 is 0 Å². The Balaban J connectivity index is 2.26. The quantitative estimate of drug-likeness (QED) is 0.912. The predicted octanol–water partition coefficient (Wildman–Crippen LogP) is 2.90. The molecule has 1 aromatic heterocycles. The number of nitrogens with one attached hydrogen (secondary N) is 2. The van der Waals surface area contributed by atoms with Crippen LogP contribution in [0.2, 0.25) is 0 Å². The Bertz CT molecular complexity index is 606. The highest BCUT2D eigenvalue weighted by Crippen LogP contribution is 2.26. The van der Waals surface area contributed by atoms with Crippen LogP contribution in [0.1, 0.15) is 5.56 Å². The zero-order chi connectivity index (χ0) is 13.0. The van der Waals surface area contributed by atoms with E-state index in [4.69, 9.17) is 5.26 Å². The van der Waals surface area contributed by atoms with Gasteiger partial charge in [0.25, 0.3) is 0 Å². The molecular formula is C12H10BrN5. The monoisotopic (exact) mass is 303 g/mol. The van der Waals surface area contributed by atoms with Gasteiger partial charge in [0, 0.05) is 17.6 Å². The molecular weight excluding hydrogens is 294 g/mol. The van der Waals surface area contributed by atoms with Gasteiger partial charge in [-0.3, -0.25) is 0 Å². The lowest BCUT2D eigenvalue weighted by atomic mass is 10.2. The summed E-state index contributed by atoms with van der Waals surface area (Å²) < 4.78 is 0.811. The minimum Gasteiger partial charge on any atom is -0.373 e. The summed E-state index contributed by atoms with van der Waals surface area (Å²) in [6.07, 6.45) is 1.48. The fourth-order valence-corrected chi connectivity index (χ4v) is 1.86. The van der Waals surface area contributed by atoms with E-state index in [0.717, 1.165) is 16.0 Å². The molecule has 0 atom stereocenters. The summed E-state index contributed by atoms with van der Waals surface area (Å²) in [5.41, 5.74) is 1.45. The van der Waals surface area contributed by atoms with Gasteiger partial charge in [-0.2, -0.15) is 5.26 Å². The number of aromatic nitrogens is 2. The molecule has 0 aliphatic carbocycles. The summed E-state index contributed by atoms with van der Waals surface area (Å²) in [5, 5.41) is 14.9. The van der Waals surface area contributed by atoms with Gasteiger partial charge >= 0.3 is 0 Å². The standard InChI is InChI=1S/C12H10BrN5/c1-15-11-5-12(17-7-16-11)18-10-3-2-8(6-14)4-9(10)13/h2-5,7H,1H3,(H2,15,16,17,18). The van der Waals surface area contributed by atoms with E-state index in [2.05, 4.69) is 42.6 Å². The number of nitrogens with zero attached hydrogens (tertiary/aromatic N) is 3. The van der Waals surface area contributed by atoms with Crippen molar-refractivity contribution in [1.82, 2.24) is 9.97 Å². The van der Waals surface area contributed by atoms with Gasteiger partial charge in [0.1, 0.15) is 18.0 Å². The van der Waals surface area contributed by atoms with E-state index in [0.29, 0.717) is 11.4 Å². The zero-order valence-electron chi connectivity index (χ0n) is 9.61. The fraction of sp³-hybridized carbons (Fsp3) is 0.0833. The van der Waals surface area contributed by atoms with E-state index in [-0.39, 0.29) is 0 Å². The summed E-state index contributed by atoms with van der Waals surface area (Å²) >= 11 is 3.41. The van der Waals surface area contributed by atoms with Crippen molar-refractivity contribution in [2.75, 3.05) is 17.7 Å². The highest BCUT2D eigenvalue weighted by Gasteiger charge is 2.03. The molecule has 0 unspecified atom stereocenters. The van der Waals surface area contributed by atoms with Crippen molar-refractivity contribution in [3.8, 4) is 6.07 Å². The van der Waals surface area contributed by atoms with E-state index in [9.17, 15) is 0 Å². The molecule has 6 heteroatoms. The van der Waals surface area contributed by atoms with Gasteiger partial charge in [0.15, 0.2) is 0 Å². The molecule has 0 saturated carbocycles. The summed E-state index contributed by atoms with van der Waals surface area (Å²) in [4.78, 5) is 8.15. The van der Waals surface area contributed by atoms with Crippen LogP contribution in [-0.2, 0) is 0 Å². The molecule has 0 spiro atoms. The molecule has 0 saturated heterocycles. The number of anilines is 3. The van der Waals surface area contributed by atoms with Gasteiger partial charge in [-0.25, -0.2) is 9.97 Å². The fourth-order valence-electron chi connectivity index (χ4n) is 1.39. The second kappa shape index (κ2) is 5.47. The first-order chi connectivity index (χ1) is 8.72. The number of benzene rings is 1. The first kappa shape index (κ1) is 12.3. The Labute approximate surface area is 113 Å². The van der Waals surface area contributed by atoms with E-state index >= 15 is 0 Å². The molecule has 0 bridgehead atoms. The molecule has 1 heterocycles. The molecule has 0 radical (unpaired) electrons. The van der Waals surface area contributed by atoms with Gasteiger partial charge in [0.2, 0.25) is 0 Å². The van der Waals surface area contributed by atoms with Crippen LogP contribution in [0.25, 0.3) is 0 Å². The molecule has 0 aliphatic rings. The zero-order valence-corrected chi connectivity index (χ0v) is 11.2. The highest BCUT2D eigenvalue weighted by atomic mass is 79.9. The summed E-state index contributed by atoms with van der Waals surface area (Å²) in [6.45, 7) is 0. The van der Waals surface area contributed by atoms with Crippen LogP contribution in [0.15, 0.2) is 35.1 Å². The van der Waals surface area contributed by atoms with E-state index in [1.54, 1.807) is 25.2 Å². The molecule has 0 amide bonds. The van der Waals surface area contributed by atoms with Gasteiger partial charge in [0.05, 0.1) is 17.3 Å². The van der Waals surface area contributed by atoms with E-state index < -0.39 is 0 Å². The topological polar surface area (TPSA) is 73.6 Å². The number of nitriles is 1. The van der Waals surface area contributed by atoms with Crippen LogP contribution >= 0.6 is 15.9 Å². The van der Waals surface area contributed by atoms with E-state index in [1.807, 2.05) is 6.07 Å². The average Bonchev–Trinajstić information content (AvgIpc) is 2.41. The van der Waals surface area contributed by atoms with Crippen LogP contribution in [0.5, 0.6) is 0 Å². The van der Waals surface area contributed by atoms with Crippen LogP contribution < -0.4 is 10.6 Å². The number of rotatable bonds is 3. The molecule has 2 aromatic rings. The third-order valence-corrected chi connectivity index (χ3v) is 2.94. The third kappa shape index (κ3) is 2.76. The maximum atomic E-state index is 8.79. The minimum atomic E-state index is 0.603. The molecule has 2 N–H and O–H groups in total. The number of halogens is 1. The molecule has 0 fully saturated rings. The molecule has 5 nitrogen and oxygen atoms in total. The summed E-state index contributed by atoms with van der Waals surface area (Å²) in [6, 6.07) is 9.20. The molecule has 90 valence electrons. The van der Waals surface area contributed by atoms with Crippen LogP contribution in [0, 0.1) is 11.3 Å². The summed E-state index contributed by atoms with van der Waals surface area (Å²) in [7, 11) is 1.80. The minimum absolute atomic E-state index is 0.603. The van der Waals surface area contributed by atoms with Gasteiger partial charge in [-0.1, -0.05) is 0 Å². The van der Waals surface area contributed by atoms with Crippen LogP contribution in [-0.4, -0.2) is 17.0 Å².